The van der Waals surface area contributed by atoms with Gasteiger partial charge in [-0.25, -0.2) is 24.0 Å². The van der Waals surface area contributed by atoms with Gasteiger partial charge in [0.25, 0.3) is 0 Å². The van der Waals surface area contributed by atoms with E-state index < -0.39 is 11.6 Å². The number of nitrogens with two attached hydrogens (primary N) is 1. The zero-order valence-corrected chi connectivity index (χ0v) is 24.6. The van der Waals surface area contributed by atoms with E-state index in [0.717, 1.165) is 61.4 Å². The van der Waals surface area contributed by atoms with Crippen molar-refractivity contribution in [1.82, 2.24) is 20.2 Å². The number of allylic oxidation sites excluding steroid dienone is 4. The fourth-order valence-electron chi connectivity index (χ4n) is 4.41. The summed E-state index contributed by atoms with van der Waals surface area (Å²) in [4.78, 5) is 11.1. The number of nitriles is 1. The predicted molar refractivity (Wildman–Crippen MR) is 162 cm³/mol. The van der Waals surface area contributed by atoms with Crippen molar-refractivity contribution in [1.29, 1.82) is 5.26 Å². The zero-order valence-electron chi connectivity index (χ0n) is 24.6. The summed E-state index contributed by atoms with van der Waals surface area (Å²) in [5.74, 6) is -1.72. The van der Waals surface area contributed by atoms with Crippen LogP contribution in [-0.2, 0) is 0 Å². The number of anilines is 1. The summed E-state index contributed by atoms with van der Waals surface area (Å²) in [5, 5.41) is 10.0. The van der Waals surface area contributed by atoms with E-state index in [1.807, 2.05) is 33.8 Å². The number of ether oxygens (including phenoxy) is 1. The molecule has 41 heavy (non-hydrogen) atoms. The second kappa shape index (κ2) is 16.8. The van der Waals surface area contributed by atoms with Gasteiger partial charge in [-0.2, -0.15) is 0 Å². The topological polar surface area (TPSA) is 100 Å². The highest BCUT2D eigenvalue weighted by molar-refractivity contribution is 5.78. The molecule has 220 valence electrons. The molecule has 0 radical (unpaired) electrons. The second-order valence-corrected chi connectivity index (χ2v) is 9.23. The molecule has 0 unspecified atom stereocenters. The van der Waals surface area contributed by atoms with Crippen molar-refractivity contribution in [2.24, 2.45) is 0 Å². The first-order valence-electron chi connectivity index (χ1n) is 14.2. The summed E-state index contributed by atoms with van der Waals surface area (Å²) in [6, 6.07) is 2.45. The van der Waals surface area contributed by atoms with Crippen molar-refractivity contribution in [2.45, 2.75) is 66.2 Å². The SMILES string of the molecule is C#N.C=C/C(NC(=C1CC1)c1nc(-c2c(F)ccc(OCCC)c2F)ncc1N)=C(\C=C/C)N1CCCCC1.CC. The van der Waals surface area contributed by atoms with Crippen LogP contribution in [0, 0.1) is 23.5 Å². The number of nitrogens with one attached hydrogen (secondary N) is 1. The number of likely N-dealkylation sites (tertiary alicyclic amines) is 1. The third kappa shape index (κ3) is 8.40. The first kappa shape index (κ1) is 33.0. The third-order valence-electron chi connectivity index (χ3n) is 6.41. The molecule has 3 N–H and O–H groups in total. The summed E-state index contributed by atoms with van der Waals surface area (Å²) in [6.07, 6.45) is 13.2. The monoisotopic (exact) mass is 564 g/mol. The van der Waals surface area contributed by atoms with Gasteiger partial charge in [0, 0.05) is 19.7 Å². The highest BCUT2D eigenvalue weighted by atomic mass is 19.1. The van der Waals surface area contributed by atoms with Gasteiger partial charge >= 0.3 is 0 Å². The molecular formula is C32H42F2N6O. The van der Waals surface area contributed by atoms with Gasteiger partial charge in [-0.3, -0.25) is 0 Å². The lowest BCUT2D eigenvalue weighted by Gasteiger charge is -2.31. The molecule has 9 heteroatoms. The van der Waals surface area contributed by atoms with Gasteiger partial charge in [0.05, 0.1) is 41.1 Å². The molecule has 1 saturated heterocycles. The Labute approximate surface area is 243 Å². The van der Waals surface area contributed by atoms with Crippen LogP contribution in [0.4, 0.5) is 14.5 Å². The molecule has 2 fully saturated rings. The van der Waals surface area contributed by atoms with E-state index >= 15 is 4.39 Å². The van der Waals surface area contributed by atoms with Crippen molar-refractivity contribution >= 4 is 11.4 Å². The molecule has 1 aliphatic carbocycles. The number of hydrogen-bond acceptors (Lipinski definition) is 7. The number of hydrogen-bond donors (Lipinski definition) is 2. The molecule has 1 saturated carbocycles. The maximum absolute atomic E-state index is 15.3. The lowest BCUT2D eigenvalue weighted by molar-refractivity contribution is 0.290. The maximum Gasteiger partial charge on any atom is 0.179 e. The number of piperidine rings is 1. The predicted octanol–water partition coefficient (Wildman–Crippen LogP) is 7.51. The molecule has 1 aromatic heterocycles. The average Bonchev–Trinajstić information content (AvgIpc) is 3.86. The van der Waals surface area contributed by atoms with Gasteiger partial charge in [0.2, 0.25) is 0 Å². The summed E-state index contributed by atoms with van der Waals surface area (Å²) < 4.78 is 35.6. The molecule has 4 rings (SSSR count). The Morgan fingerprint density at radius 1 is 1.20 bits per heavy atom. The molecule has 0 spiro atoms. The minimum Gasteiger partial charge on any atom is -0.491 e. The first-order chi connectivity index (χ1) is 20.0. The quantitative estimate of drug-likeness (QED) is 0.288. The van der Waals surface area contributed by atoms with E-state index in [-0.39, 0.29) is 17.1 Å². The van der Waals surface area contributed by atoms with E-state index in [2.05, 4.69) is 39.4 Å². The first-order valence-corrected chi connectivity index (χ1v) is 14.2. The van der Waals surface area contributed by atoms with E-state index in [0.29, 0.717) is 24.4 Å². The molecule has 2 heterocycles. The van der Waals surface area contributed by atoms with Crippen LogP contribution in [0.25, 0.3) is 17.1 Å². The van der Waals surface area contributed by atoms with Crippen molar-refractivity contribution in [3.63, 3.8) is 0 Å². The van der Waals surface area contributed by atoms with Crippen molar-refractivity contribution in [3.8, 4) is 23.7 Å². The molecular weight excluding hydrogens is 522 g/mol. The number of nitrogen functional groups attached to an aromatic ring is 1. The lowest BCUT2D eigenvalue weighted by atomic mass is 10.1. The van der Waals surface area contributed by atoms with Gasteiger partial charge in [-0.05, 0) is 75.3 Å². The number of rotatable bonds is 10. The van der Waals surface area contributed by atoms with Crippen molar-refractivity contribution in [3.05, 3.63) is 77.4 Å². The second-order valence-electron chi connectivity index (χ2n) is 9.23. The minimum absolute atomic E-state index is 0.0338. The molecule has 1 aromatic carbocycles. The Hall–Kier alpha value is -4.19. The highest BCUT2D eigenvalue weighted by Crippen LogP contribution is 2.38. The van der Waals surface area contributed by atoms with Gasteiger partial charge in [-0.1, -0.05) is 33.4 Å². The summed E-state index contributed by atoms with van der Waals surface area (Å²) in [6.45, 7) is 17.7. The number of aromatic nitrogens is 2. The van der Waals surface area contributed by atoms with Crippen LogP contribution in [0.1, 0.15) is 71.9 Å². The normalized spacial score (nSPS) is 14.6. The van der Waals surface area contributed by atoms with Crippen LogP contribution in [-0.4, -0.2) is 34.6 Å². The van der Waals surface area contributed by atoms with E-state index in [1.165, 1.54) is 24.8 Å². The van der Waals surface area contributed by atoms with Crippen molar-refractivity contribution in [2.75, 3.05) is 25.4 Å². The maximum atomic E-state index is 15.3. The fourth-order valence-corrected chi connectivity index (χ4v) is 4.41. The molecule has 1 aliphatic heterocycles. The van der Waals surface area contributed by atoms with Crippen LogP contribution in [0.3, 0.4) is 0 Å². The highest BCUT2D eigenvalue weighted by Gasteiger charge is 2.26. The van der Waals surface area contributed by atoms with E-state index in [1.54, 1.807) is 6.08 Å². The molecule has 7 nitrogen and oxygen atoms in total. The van der Waals surface area contributed by atoms with Gasteiger partial charge < -0.3 is 20.7 Å². The molecule has 2 aliphatic rings. The van der Waals surface area contributed by atoms with E-state index in [4.69, 9.17) is 15.7 Å². The Balaban J connectivity index is 0.00000141. The van der Waals surface area contributed by atoms with Crippen LogP contribution in [0.5, 0.6) is 5.75 Å². The molecule has 0 atom stereocenters. The zero-order chi connectivity index (χ0) is 30.4. The largest absolute Gasteiger partial charge is 0.491 e. The summed E-state index contributed by atoms with van der Waals surface area (Å²) >= 11 is 0. The molecule has 2 aromatic rings. The fraction of sp³-hybridized carbons (Fsp3) is 0.406. The minimum atomic E-state index is -0.829. The smallest absolute Gasteiger partial charge is 0.179 e. The van der Waals surface area contributed by atoms with Crippen molar-refractivity contribution < 1.29 is 13.5 Å². The Morgan fingerprint density at radius 2 is 1.88 bits per heavy atom. The summed E-state index contributed by atoms with van der Waals surface area (Å²) in [5.41, 5.74) is 10.5. The van der Waals surface area contributed by atoms with E-state index in [9.17, 15) is 4.39 Å². The van der Waals surface area contributed by atoms with Crippen LogP contribution in [0.15, 0.2) is 60.1 Å². The van der Waals surface area contributed by atoms with Crippen LogP contribution < -0.4 is 15.8 Å². The Kier molecular flexibility index (Phi) is 13.5. The third-order valence-corrected chi connectivity index (χ3v) is 6.41. The number of benzene rings is 1. The Morgan fingerprint density at radius 3 is 2.46 bits per heavy atom. The van der Waals surface area contributed by atoms with Gasteiger partial charge in [-0.15, -0.1) is 0 Å². The number of nitrogens with zero attached hydrogens (tertiary/aromatic N) is 4. The van der Waals surface area contributed by atoms with Crippen LogP contribution >= 0.6 is 0 Å². The number of halogens is 2. The summed E-state index contributed by atoms with van der Waals surface area (Å²) in [7, 11) is 0. The van der Waals surface area contributed by atoms with Gasteiger partial charge in [0.1, 0.15) is 11.5 Å². The molecule has 0 amide bonds. The average molecular weight is 565 g/mol. The van der Waals surface area contributed by atoms with Gasteiger partial charge in [0.15, 0.2) is 17.4 Å². The lowest BCUT2D eigenvalue weighted by Crippen LogP contribution is -2.31. The standard InChI is InChI=1S/C29H35F2N5O.C2H6.CHN/c1-4-10-23(36-15-8-7-9-16-36)22(6-3)34-27(19-11-12-19)28-21(32)18-33-29(35-28)25-20(30)13-14-24(26(25)31)37-17-5-2;2*1-2/h4,6,10,13-14,18,34H,3,5,7-9,11-12,15-17,32H2,1-2H3;1-2H3;1H/b10-4-,23-22-;;. The molecule has 0 bridgehead atoms. The Bertz CT molecular complexity index is 1290. The van der Waals surface area contributed by atoms with Crippen LogP contribution in [0.2, 0.25) is 0 Å².